The minimum Gasteiger partial charge on any atom is -2.00 e. The van der Waals surface area contributed by atoms with Gasteiger partial charge in [-0.1, -0.05) is 0 Å². The van der Waals surface area contributed by atoms with Gasteiger partial charge in [-0.15, -0.1) is 0 Å². The van der Waals surface area contributed by atoms with Gasteiger partial charge in [-0.2, -0.15) is 0 Å². The van der Waals surface area contributed by atoms with Crippen LogP contribution in [0.15, 0.2) is 0 Å². The van der Waals surface area contributed by atoms with E-state index in [2.05, 4.69) is 0 Å². The smallest absolute Gasteiger partial charge is 2.00 e. The van der Waals surface area contributed by atoms with E-state index in [1.54, 1.807) is 0 Å². The summed E-state index contributed by atoms with van der Waals surface area (Å²) >= 11 is 0. The van der Waals surface area contributed by atoms with Gasteiger partial charge < -0.3 is 5.48 Å². The van der Waals surface area contributed by atoms with Crippen molar-refractivity contribution in [3.8, 4) is 0 Å². The quantitative estimate of drug-likeness (QED) is 0.424. The molecule has 0 aliphatic heterocycles. The summed E-state index contributed by atoms with van der Waals surface area (Å²) < 4.78 is 0. The van der Waals surface area contributed by atoms with Crippen molar-refractivity contribution < 1.29 is 67.4 Å². The van der Waals surface area contributed by atoms with Gasteiger partial charge in [0.1, 0.15) is 0 Å². The van der Waals surface area contributed by atoms with E-state index in [1.165, 1.54) is 0 Å². The second kappa shape index (κ2) is 20.2. The van der Waals surface area contributed by atoms with Crippen LogP contribution < -0.4 is 0 Å². The molecule has 0 saturated carbocycles. The summed E-state index contributed by atoms with van der Waals surface area (Å²) in [6, 6.07) is 0. The van der Waals surface area contributed by atoms with Gasteiger partial charge in [0.15, 0.2) is 0 Å². The molecule has 0 amide bonds. The van der Waals surface area contributed by atoms with Crippen LogP contribution in [0.4, 0.5) is 0 Å². The molecule has 0 spiro atoms. The minimum atomic E-state index is 0. The third-order valence-corrected chi connectivity index (χ3v) is 0. The van der Waals surface area contributed by atoms with E-state index < -0.39 is 0 Å². The van der Waals surface area contributed by atoms with E-state index in [9.17, 15) is 0 Å². The minimum absolute atomic E-state index is 0. The molecule has 0 unspecified atom stereocenters. The standard InChI is InChI=1S/Ir.O.Ru.Ta/q+3;-2;+3;+5. The molecule has 19 valence electrons. The molecule has 0 heterocycles. The number of hydrogen-bond acceptors (Lipinski definition) is 0. The molecule has 1 nitrogen and oxygen atoms in total. The normalized spacial score (nSPS) is 0. The first-order chi connectivity index (χ1) is 0. The van der Waals surface area contributed by atoms with Gasteiger partial charge >= 0.3 is 62.0 Å². The van der Waals surface area contributed by atoms with Gasteiger partial charge in [0.25, 0.3) is 0 Å². The fourth-order valence-electron chi connectivity index (χ4n) is 0. The topological polar surface area (TPSA) is 28.5 Å². The predicted molar refractivity (Wildman–Crippen MR) is 0.686 cm³/mol. The maximum Gasteiger partial charge on any atom is 5.00 e. The van der Waals surface area contributed by atoms with Gasteiger partial charge in [-0.05, 0) is 0 Å². The average molecular weight is 490 g/mol. The Hall–Kier alpha value is 1.97. The Morgan fingerprint density at radius 1 is 1.00 bits per heavy atom. The average Bonchev–Trinajstić information content (AvgIpc) is 0. The Morgan fingerprint density at radius 3 is 1.00 bits per heavy atom. The van der Waals surface area contributed by atoms with Gasteiger partial charge in [-0.3, -0.25) is 0 Å². The second-order valence-corrected chi connectivity index (χ2v) is 0. The summed E-state index contributed by atoms with van der Waals surface area (Å²) in [4.78, 5) is 0. The molecule has 0 fully saturated rings. The first-order valence-electron chi connectivity index (χ1n) is 0. The SMILES string of the molecule is [Ir+3].[O-2].[Ru+3].[Ta+5]. The van der Waals surface area contributed by atoms with Gasteiger partial charge in [0.2, 0.25) is 0 Å². The third kappa shape index (κ3) is 9.02. The molecule has 0 N–H and O–H groups in total. The summed E-state index contributed by atoms with van der Waals surface area (Å²) in [5.41, 5.74) is 0. The van der Waals surface area contributed by atoms with E-state index in [1.807, 2.05) is 0 Å². The summed E-state index contributed by atoms with van der Waals surface area (Å²) in [5, 5.41) is 0. The van der Waals surface area contributed by atoms with Crippen LogP contribution in [0.2, 0.25) is 0 Å². The van der Waals surface area contributed by atoms with Gasteiger partial charge in [0, 0.05) is 0 Å². The second-order valence-electron chi connectivity index (χ2n) is 0. The maximum atomic E-state index is 0. The Kier molecular flexibility index (Phi) is 191. The molecule has 0 atom stereocenters. The van der Waals surface area contributed by atoms with Gasteiger partial charge in [-0.25, -0.2) is 0 Å². The van der Waals surface area contributed by atoms with Crippen molar-refractivity contribution in [3.63, 3.8) is 0 Å². The molecule has 0 aromatic carbocycles. The molecule has 0 aromatic rings. The maximum absolute atomic E-state index is 0. The molecule has 0 aliphatic carbocycles. The Bertz CT molecular complexity index is 8.00. The molecule has 1 radical (unpaired) electrons. The molecule has 0 aliphatic rings. The van der Waals surface area contributed by atoms with Crippen LogP contribution in [0.25, 0.3) is 0 Å². The largest absolute Gasteiger partial charge is 5.00 e. The van der Waals surface area contributed by atoms with Crippen molar-refractivity contribution in [1.82, 2.24) is 0 Å². The summed E-state index contributed by atoms with van der Waals surface area (Å²) in [6.45, 7) is 0. The fourth-order valence-corrected chi connectivity index (χ4v) is 0. The Balaban J connectivity index is 0. The fraction of sp³-hybridized carbons (Fsp3) is 0. The third-order valence-electron chi connectivity index (χ3n) is 0. The molecule has 0 saturated heterocycles. The van der Waals surface area contributed by atoms with Crippen LogP contribution in [0.3, 0.4) is 0 Å². The first-order valence-corrected chi connectivity index (χ1v) is 0. The zero-order chi connectivity index (χ0) is 0. The van der Waals surface area contributed by atoms with E-state index >= 15 is 0 Å². The molecule has 0 bridgehead atoms. The Labute approximate surface area is 66.8 Å². The van der Waals surface area contributed by atoms with Crippen LogP contribution in [0.1, 0.15) is 0 Å². The van der Waals surface area contributed by atoms with Crippen LogP contribution in [-0.2, 0) is 67.4 Å². The van der Waals surface area contributed by atoms with Crippen LogP contribution in [0, 0.1) is 0 Å². The molecule has 4 heteroatoms. The van der Waals surface area contributed by atoms with E-state index in [0.717, 1.165) is 0 Å². The molecule has 0 rings (SSSR count). The van der Waals surface area contributed by atoms with E-state index in [-0.39, 0.29) is 67.4 Å². The first kappa shape index (κ1) is 37.9. The zero-order valence-electron chi connectivity index (χ0n) is 1.54. The predicted octanol–water partition coefficient (Wildman–Crippen LogP) is -0.126. The zero-order valence-corrected chi connectivity index (χ0v) is 8.89. The molecular formula is IrORuTa+9. The summed E-state index contributed by atoms with van der Waals surface area (Å²) in [7, 11) is 0. The Morgan fingerprint density at radius 2 is 1.00 bits per heavy atom. The monoisotopic (exact) mass is 492 g/mol. The summed E-state index contributed by atoms with van der Waals surface area (Å²) in [6.07, 6.45) is 0. The van der Waals surface area contributed by atoms with Crippen LogP contribution in [-0.4, -0.2) is 0 Å². The van der Waals surface area contributed by atoms with Crippen molar-refractivity contribution in [1.29, 1.82) is 0 Å². The van der Waals surface area contributed by atoms with E-state index in [0.29, 0.717) is 0 Å². The van der Waals surface area contributed by atoms with Crippen molar-refractivity contribution in [2.45, 2.75) is 0 Å². The number of rotatable bonds is 0. The van der Waals surface area contributed by atoms with Crippen molar-refractivity contribution in [3.05, 3.63) is 0 Å². The van der Waals surface area contributed by atoms with Crippen molar-refractivity contribution in [2.24, 2.45) is 0 Å². The van der Waals surface area contributed by atoms with Crippen LogP contribution in [0.5, 0.6) is 0 Å². The van der Waals surface area contributed by atoms with Crippen molar-refractivity contribution in [2.75, 3.05) is 0 Å². The van der Waals surface area contributed by atoms with Gasteiger partial charge in [0.05, 0.1) is 0 Å². The number of hydrogen-bond donors (Lipinski definition) is 0. The molecule has 4 heavy (non-hydrogen) atoms. The summed E-state index contributed by atoms with van der Waals surface area (Å²) in [5.74, 6) is 0. The van der Waals surface area contributed by atoms with Crippen LogP contribution >= 0.6 is 0 Å². The molecular weight excluding hydrogens is 490 g/mol. The van der Waals surface area contributed by atoms with E-state index in [4.69, 9.17) is 0 Å². The van der Waals surface area contributed by atoms with Crippen molar-refractivity contribution >= 4 is 0 Å². The molecule has 0 aromatic heterocycles.